The molecule has 1 atom stereocenters. The summed E-state index contributed by atoms with van der Waals surface area (Å²) in [4.78, 5) is -0.111. The predicted molar refractivity (Wildman–Crippen MR) is 87.8 cm³/mol. The average Bonchev–Trinajstić information content (AvgIpc) is 2.49. The van der Waals surface area contributed by atoms with E-state index in [4.69, 9.17) is 0 Å². The van der Waals surface area contributed by atoms with E-state index in [9.17, 15) is 18.1 Å². The number of nitrogens with one attached hydrogen (secondary N) is 1. The molecule has 0 saturated carbocycles. The molecule has 2 rings (SSSR count). The molecule has 0 radical (unpaired) electrons. The third-order valence-electron chi connectivity index (χ3n) is 3.58. The fourth-order valence-corrected chi connectivity index (χ4v) is 3.12. The third-order valence-corrected chi connectivity index (χ3v) is 4.49. The lowest BCUT2D eigenvalue weighted by Crippen LogP contribution is -2.19. The van der Waals surface area contributed by atoms with Gasteiger partial charge in [-0.05, 0) is 18.6 Å². The Morgan fingerprint density at radius 3 is 2.45 bits per heavy atom. The van der Waals surface area contributed by atoms with E-state index in [0.717, 1.165) is 24.9 Å². The standard InChI is InChI=1S/C16H21NO4S/c1-2-3-6-12(18)11-17-15-9-10-16(22(19,20)21)14-8-5-4-7-13(14)15/h4-5,7-10,12,17-18H,2-3,6,11H2,1H3,(H,19,20,21). The number of rotatable bonds is 7. The zero-order chi connectivity index (χ0) is 16.2. The zero-order valence-electron chi connectivity index (χ0n) is 12.5. The molecule has 0 amide bonds. The van der Waals surface area contributed by atoms with E-state index in [1.54, 1.807) is 30.3 Å². The zero-order valence-corrected chi connectivity index (χ0v) is 13.3. The smallest absolute Gasteiger partial charge is 0.295 e. The number of fused-ring (bicyclic) bond motifs is 1. The number of hydrogen-bond donors (Lipinski definition) is 3. The van der Waals surface area contributed by atoms with E-state index in [0.29, 0.717) is 17.3 Å². The molecule has 120 valence electrons. The Balaban J connectivity index is 2.29. The predicted octanol–water partition coefficient (Wildman–Crippen LogP) is 3.05. The highest BCUT2D eigenvalue weighted by atomic mass is 32.2. The second-order valence-electron chi connectivity index (χ2n) is 5.31. The molecule has 2 aromatic carbocycles. The van der Waals surface area contributed by atoms with Crippen LogP contribution in [0, 0.1) is 0 Å². The van der Waals surface area contributed by atoms with Gasteiger partial charge < -0.3 is 10.4 Å². The maximum absolute atomic E-state index is 11.4. The van der Waals surface area contributed by atoms with Gasteiger partial charge in [-0.2, -0.15) is 8.42 Å². The van der Waals surface area contributed by atoms with E-state index >= 15 is 0 Å². The highest BCUT2D eigenvalue weighted by Crippen LogP contribution is 2.29. The normalized spacial score (nSPS) is 13.2. The maximum Gasteiger partial charge on any atom is 0.295 e. The second kappa shape index (κ2) is 7.09. The number of benzene rings is 2. The summed E-state index contributed by atoms with van der Waals surface area (Å²) in [6.07, 6.45) is 2.28. The Labute approximate surface area is 130 Å². The Morgan fingerprint density at radius 2 is 1.82 bits per heavy atom. The van der Waals surface area contributed by atoms with E-state index in [-0.39, 0.29) is 4.90 Å². The van der Waals surface area contributed by atoms with Crippen LogP contribution in [0.15, 0.2) is 41.3 Å². The van der Waals surface area contributed by atoms with Gasteiger partial charge in [-0.25, -0.2) is 0 Å². The molecule has 0 aromatic heterocycles. The maximum atomic E-state index is 11.4. The molecule has 6 heteroatoms. The molecule has 22 heavy (non-hydrogen) atoms. The van der Waals surface area contributed by atoms with Crippen LogP contribution in [-0.2, 0) is 10.1 Å². The van der Waals surface area contributed by atoms with Gasteiger partial charge in [0.1, 0.15) is 4.90 Å². The van der Waals surface area contributed by atoms with Crippen LogP contribution in [0.5, 0.6) is 0 Å². The molecule has 0 heterocycles. The summed E-state index contributed by atoms with van der Waals surface area (Å²) in [5, 5.41) is 14.2. The molecule has 0 saturated heterocycles. The number of anilines is 1. The molecule has 0 aliphatic carbocycles. The number of aliphatic hydroxyl groups excluding tert-OH is 1. The molecule has 0 bridgehead atoms. The van der Waals surface area contributed by atoms with Crippen molar-refractivity contribution in [3.63, 3.8) is 0 Å². The lowest BCUT2D eigenvalue weighted by molar-refractivity contribution is 0.174. The van der Waals surface area contributed by atoms with E-state index in [1.165, 1.54) is 6.07 Å². The summed E-state index contributed by atoms with van der Waals surface area (Å²) < 4.78 is 32.2. The molecule has 1 unspecified atom stereocenters. The van der Waals surface area contributed by atoms with Crippen LogP contribution in [0.1, 0.15) is 26.2 Å². The second-order valence-corrected chi connectivity index (χ2v) is 6.70. The largest absolute Gasteiger partial charge is 0.391 e. The number of unbranched alkanes of at least 4 members (excludes halogenated alkanes) is 1. The van der Waals surface area contributed by atoms with Gasteiger partial charge in [0.2, 0.25) is 0 Å². The minimum Gasteiger partial charge on any atom is -0.391 e. The average molecular weight is 323 g/mol. The molecule has 2 aromatic rings. The van der Waals surface area contributed by atoms with Gasteiger partial charge in [-0.3, -0.25) is 4.55 Å². The molecule has 0 aliphatic heterocycles. The van der Waals surface area contributed by atoms with Crippen LogP contribution < -0.4 is 5.32 Å². The van der Waals surface area contributed by atoms with Crippen LogP contribution in [0.4, 0.5) is 5.69 Å². The molecule has 0 spiro atoms. The first-order valence-electron chi connectivity index (χ1n) is 7.34. The van der Waals surface area contributed by atoms with Gasteiger partial charge in [-0.1, -0.05) is 44.0 Å². The number of hydrogen-bond acceptors (Lipinski definition) is 4. The molecule has 0 aliphatic rings. The SMILES string of the molecule is CCCCC(O)CNc1ccc(S(=O)(=O)O)c2ccccc12. The van der Waals surface area contributed by atoms with Gasteiger partial charge in [-0.15, -0.1) is 0 Å². The summed E-state index contributed by atoms with van der Waals surface area (Å²) in [6.45, 7) is 2.47. The summed E-state index contributed by atoms with van der Waals surface area (Å²) in [5.74, 6) is 0. The van der Waals surface area contributed by atoms with Crippen LogP contribution in [0.2, 0.25) is 0 Å². The molecular weight excluding hydrogens is 302 g/mol. The quantitative estimate of drug-likeness (QED) is 0.682. The van der Waals surface area contributed by atoms with Crippen molar-refractivity contribution in [2.45, 2.75) is 37.2 Å². The summed E-state index contributed by atoms with van der Waals surface area (Å²) in [6, 6.07) is 9.93. The van der Waals surface area contributed by atoms with Crippen molar-refractivity contribution in [2.24, 2.45) is 0 Å². The van der Waals surface area contributed by atoms with Gasteiger partial charge in [0.15, 0.2) is 0 Å². The molecule has 5 nitrogen and oxygen atoms in total. The molecule has 0 fully saturated rings. The topological polar surface area (TPSA) is 86.6 Å². The van der Waals surface area contributed by atoms with Crippen LogP contribution >= 0.6 is 0 Å². The molecular formula is C16H21NO4S. The highest BCUT2D eigenvalue weighted by Gasteiger charge is 2.15. The Bertz CT molecular complexity index is 743. The van der Waals surface area contributed by atoms with Crippen LogP contribution in [-0.4, -0.2) is 30.7 Å². The van der Waals surface area contributed by atoms with Crippen molar-refractivity contribution in [3.05, 3.63) is 36.4 Å². The van der Waals surface area contributed by atoms with Crippen LogP contribution in [0.25, 0.3) is 10.8 Å². The lowest BCUT2D eigenvalue weighted by atomic mass is 10.1. The van der Waals surface area contributed by atoms with Gasteiger partial charge in [0, 0.05) is 23.0 Å². The molecule has 3 N–H and O–H groups in total. The first-order valence-corrected chi connectivity index (χ1v) is 8.78. The Morgan fingerprint density at radius 1 is 1.14 bits per heavy atom. The fraction of sp³-hybridized carbons (Fsp3) is 0.375. The summed E-state index contributed by atoms with van der Waals surface area (Å²) in [5.41, 5.74) is 0.735. The fourth-order valence-electron chi connectivity index (χ4n) is 2.42. The van der Waals surface area contributed by atoms with Crippen molar-refractivity contribution < 1.29 is 18.1 Å². The van der Waals surface area contributed by atoms with Gasteiger partial charge in [0.25, 0.3) is 10.1 Å². The van der Waals surface area contributed by atoms with Crippen molar-refractivity contribution in [3.8, 4) is 0 Å². The first kappa shape index (κ1) is 16.7. The van der Waals surface area contributed by atoms with Crippen LogP contribution in [0.3, 0.4) is 0 Å². The lowest BCUT2D eigenvalue weighted by Gasteiger charge is -2.15. The van der Waals surface area contributed by atoms with Crippen molar-refractivity contribution in [1.82, 2.24) is 0 Å². The van der Waals surface area contributed by atoms with E-state index in [2.05, 4.69) is 12.2 Å². The van der Waals surface area contributed by atoms with Crippen molar-refractivity contribution in [2.75, 3.05) is 11.9 Å². The summed E-state index contributed by atoms with van der Waals surface area (Å²) >= 11 is 0. The highest BCUT2D eigenvalue weighted by molar-refractivity contribution is 7.86. The van der Waals surface area contributed by atoms with Crippen molar-refractivity contribution in [1.29, 1.82) is 0 Å². The first-order chi connectivity index (χ1) is 10.4. The van der Waals surface area contributed by atoms with Gasteiger partial charge in [0.05, 0.1) is 6.10 Å². The summed E-state index contributed by atoms with van der Waals surface area (Å²) in [7, 11) is -4.27. The third kappa shape index (κ3) is 3.97. The van der Waals surface area contributed by atoms with E-state index < -0.39 is 16.2 Å². The minimum atomic E-state index is -4.27. The monoisotopic (exact) mass is 323 g/mol. The van der Waals surface area contributed by atoms with Gasteiger partial charge >= 0.3 is 0 Å². The van der Waals surface area contributed by atoms with E-state index in [1.807, 2.05) is 0 Å². The Kier molecular flexibility index (Phi) is 5.39. The number of aliphatic hydroxyl groups is 1. The van der Waals surface area contributed by atoms with Crippen molar-refractivity contribution >= 4 is 26.6 Å². The Hall–Kier alpha value is -1.63. The minimum absolute atomic E-state index is 0.111.